The number of ether oxygens (including phenoxy) is 1. The van der Waals surface area contributed by atoms with Crippen LogP contribution in [-0.4, -0.2) is 24.6 Å². The summed E-state index contributed by atoms with van der Waals surface area (Å²) in [5.41, 5.74) is 0.257. The maximum atomic E-state index is 13.6. The van der Waals surface area contributed by atoms with Crippen molar-refractivity contribution >= 4 is 5.69 Å². The van der Waals surface area contributed by atoms with E-state index < -0.39 is 10.7 Å². The van der Waals surface area contributed by atoms with E-state index in [1.807, 2.05) is 20.8 Å². The monoisotopic (exact) mass is 270 g/mol. The number of nitrogens with one attached hydrogen (secondary N) is 1. The topological polar surface area (TPSA) is 64.4 Å². The van der Waals surface area contributed by atoms with Crippen molar-refractivity contribution in [2.75, 3.05) is 13.7 Å². The Kier molecular flexibility index (Phi) is 5.23. The van der Waals surface area contributed by atoms with Crippen LogP contribution in [0.4, 0.5) is 10.1 Å². The molecule has 0 spiro atoms. The van der Waals surface area contributed by atoms with E-state index in [9.17, 15) is 14.5 Å². The van der Waals surface area contributed by atoms with E-state index in [0.29, 0.717) is 5.56 Å². The molecule has 1 rings (SSSR count). The molecule has 0 saturated heterocycles. The van der Waals surface area contributed by atoms with Gasteiger partial charge in [0.05, 0.1) is 18.1 Å². The van der Waals surface area contributed by atoms with E-state index in [1.165, 1.54) is 13.2 Å². The minimum atomic E-state index is -0.721. The lowest BCUT2D eigenvalue weighted by atomic mass is 9.92. The summed E-state index contributed by atoms with van der Waals surface area (Å²) in [7, 11) is 1.34. The molecule has 0 bridgehead atoms. The quantitative estimate of drug-likeness (QED) is 0.637. The zero-order chi connectivity index (χ0) is 14.6. The van der Waals surface area contributed by atoms with Crippen molar-refractivity contribution in [1.29, 1.82) is 0 Å². The number of hydrogen-bond acceptors (Lipinski definition) is 4. The number of nitrogens with zero attached hydrogens (tertiary/aromatic N) is 1. The number of likely N-dealkylation sites (N-methyl/N-ethyl adjacent to an activating group) is 1. The van der Waals surface area contributed by atoms with E-state index in [1.54, 1.807) is 0 Å². The molecule has 1 aromatic rings. The second kappa shape index (κ2) is 6.47. The summed E-state index contributed by atoms with van der Waals surface area (Å²) in [6, 6.07) is 2.37. The molecule has 0 aliphatic carbocycles. The first-order chi connectivity index (χ1) is 8.92. The first kappa shape index (κ1) is 15.4. The predicted molar refractivity (Wildman–Crippen MR) is 71.2 cm³/mol. The molecular weight excluding hydrogens is 251 g/mol. The molecule has 1 aromatic carbocycles. The predicted octanol–water partition coefficient (Wildman–Crippen LogP) is 2.84. The van der Waals surface area contributed by atoms with Crippen LogP contribution in [0.5, 0.6) is 5.75 Å². The molecule has 0 radical (unpaired) electrons. The molecule has 2 unspecified atom stereocenters. The second-order valence-electron chi connectivity index (χ2n) is 4.44. The third-order valence-electron chi connectivity index (χ3n) is 3.26. The maximum absolute atomic E-state index is 13.6. The molecule has 0 heterocycles. The van der Waals surface area contributed by atoms with Crippen molar-refractivity contribution in [3.63, 3.8) is 0 Å². The average Bonchev–Trinajstić information content (AvgIpc) is 2.37. The number of methoxy groups -OCH3 is 1. The van der Waals surface area contributed by atoms with E-state index in [0.717, 1.165) is 12.6 Å². The highest BCUT2D eigenvalue weighted by molar-refractivity contribution is 5.48. The zero-order valence-corrected chi connectivity index (χ0v) is 11.6. The standard InChI is InChI=1S/C13H19FN2O3/c1-5-15-9(3)8(2)10-6-13(19-4)11(14)7-12(10)16(17)18/h6-9,15H,5H2,1-4H3. The van der Waals surface area contributed by atoms with Crippen LogP contribution in [0, 0.1) is 15.9 Å². The lowest BCUT2D eigenvalue weighted by Gasteiger charge is -2.21. The van der Waals surface area contributed by atoms with Crippen molar-refractivity contribution in [2.24, 2.45) is 0 Å². The molecule has 5 nitrogen and oxygen atoms in total. The van der Waals surface area contributed by atoms with Gasteiger partial charge < -0.3 is 10.1 Å². The van der Waals surface area contributed by atoms with Gasteiger partial charge in [0.15, 0.2) is 11.6 Å². The number of nitro benzene ring substituents is 1. The summed E-state index contributed by atoms with van der Waals surface area (Å²) in [5, 5.41) is 14.2. The SMILES string of the molecule is CCNC(C)C(C)c1cc(OC)c(F)cc1[N+](=O)[O-]. The highest BCUT2D eigenvalue weighted by Gasteiger charge is 2.25. The summed E-state index contributed by atoms with van der Waals surface area (Å²) in [6.45, 7) is 6.53. The van der Waals surface area contributed by atoms with E-state index >= 15 is 0 Å². The number of rotatable bonds is 6. The van der Waals surface area contributed by atoms with Gasteiger partial charge in [-0.3, -0.25) is 10.1 Å². The van der Waals surface area contributed by atoms with Gasteiger partial charge in [0.25, 0.3) is 5.69 Å². The van der Waals surface area contributed by atoms with Gasteiger partial charge in [0.2, 0.25) is 0 Å². The fraction of sp³-hybridized carbons (Fsp3) is 0.538. The molecule has 106 valence electrons. The molecule has 0 fully saturated rings. The largest absolute Gasteiger partial charge is 0.494 e. The van der Waals surface area contributed by atoms with Crippen LogP contribution >= 0.6 is 0 Å². The Balaban J connectivity index is 3.26. The highest BCUT2D eigenvalue weighted by atomic mass is 19.1. The normalized spacial score (nSPS) is 13.9. The third kappa shape index (κ3) is 3.41. The number of hydrogen-bond donors (Lipinski definition) is 1. The lowest BCUT2D eigenvalue weighted by molar-refractivity contribution is -0.385. The van der Waals surface area contributed by atoms with Crippen LogP contribution in [0.15, 0.2) is 12.1 Å². The minimum absolute atomic E-state index is 0.0242. The Hall–Kier alpha value is -1.69. The molecule has 2 atom stereocenters. The molecule has 6 heteroatoms. The summed E-state index contributed by atoms with van der Waals surface area (Å²) < 4.78 is 18.5. The van der Waals surface area contributed by atoms with E-state index in [4.69, 9.17) is 4.74 Å². The first-order valence-electron chi connectivity index (χ1n) is 6.17. The van der Waals surface area contributed by atoms with Crippen LogP contribution < -0.4 is 10.1 Å². The van der Waals surface area contributed by atoms with Gasteiger partial charge in [0, 0.05) is 17.5 Å². The van der Waals surface area contributed by atoms with Crippen LogP contribution in [0.2, 0.25) is 0 Å². The molecule has 19 heavy (non-hydrogen) atoms. The van der Waals surface area contributed by atoms with Gasteiger partial charge in [-0.25, -0.2) is 4.39 Å². The van der Waals surface area contributed by atoms with Crippen LogP contribution in [0.25, 0.3) is 0 Å². The minimum Gasteiger partial charge on any atom is -0.494 e. The summed E-state index contributed by atoms with van der Waals surface area (Å²) in [6.07, 6.45) is 0. The van der Waals surface area contributed by atoms with E-state index in [2.05, 4.69) is 5.32 Å². The third-order valence-corrected chi connectivity index (χ3v) is 3.26. The summed E-state index contributed by atoms with van der Waals surface area (Å²) in [5.74, 6) is -0.827. The van der Waals surface area contributed by atoms with Crippen LogP contribution in [-0.2, 0) is 0 Å². The second-order valence-corrected chi connectivity index (χ2v) is 4.44. The molecule has 0 amide bonds. The molecule has 0 saturated carbocycles. The van der Waals surface area contributed by atoms with Crippen molar-refractivity contribution in [3.05, 3.63) is 33.6 Å². The maximum Gasteiger partial charge on any atom is 0.276 e. The highest BCUT2D eigenvalue weighted by Crippen LogP contribution is 2.34. The van der Waals surface area contributed by atoms with Crippen LogP contribution in [0.1, 0.15) is 32.3 Å². The first-order valence-corrected chi connectivity index (χ1v) is 6.17. The van der Waals surface area contributed by atoms with Gasteiger partial charge in [-0.1, -0.05) is 13.8 Å². The molecule has 1 N–H and O–H groups in total. The van der Waals surface area contributed by atoms with Crippen LogP contribution in [0.3, 0.4) is 0 Å². The summed E-state index contributed by atoms with van der Waals surface area (Å²) in [4.78, 5) is 10.5. The van der Waals surface area contributed by atoms with Gasteiger partial charge in [-0.05, 0) is 19.5 Å². The van der Waals surface area contributed by atoms with Gasteiger partial charge in [-0.15, -0.1) is 0 Å². The Morgan fingerprint density at radius 3 is 2.58 bits per heavy atom. The Labute approximate surface area is 111 Å². The Morgan fingerprint density at radius 1 is 1.47 bits per heavy atom. The molecular formula is C13H19FN2O3. The Morgan fingerprint density at radius 2 is 2.11 bits per heavy atom. The van der Waals surface area contributed by atoms with Gasteiger partial charge >= 0.3 is 0 Å². The Bertz CT molecular complexity index is 465. The smallest absolute Gasteiger partial charge is 0.276 e. The summed E-state index contributed by atoms with van der Waals surface area (Å²) >= 11 is 0. The number of benzene rings is 1. The number of nitro groups is 1. The average molecular weight is 270 g/mol. The fourth-order valence-corrected chi connectivity index (χ4v) is 2.01. The fourth-order valence-electron chi connectivity index (χ4n) is 2.01. The van der Waals surface area contributed by atoms with Crippen molar-refractivity contribution in [2.45, 2.75) is 32.7 Å². The molecule has 0 aromatic heterocycles. The van der Waals surface area contributed by atoms with Crippen molar-refractivity contribution in [3.8, 4) is 5.75 Å². The van der Waals surface area contributed by atoms with E-state index in [-0.39, 0.29) is 23.4 Å². The lowest BCUT2D eigenvalue weighted by Crippen LogP contribution is -2.31. The zero-order valence-electron chi connectivity index (χ0n) is 11.6. The van der Waals surface area contributed by atoms with Crippen molar-refractivity contribution < 1.29 is 14.1 Å². The number of halogens is 1. The van der Waals surface area contributed by atoms with Crippen molar-refractivity contribution in [1.82, 2.24) is 5.32 Å². The molecule has 0 aliphatic heterocycles. The van der Waals surface area contributed by atoms with Gasteiger partial charge in [0.1, 0.15) is 0 Å². The molecule has 0 aliphatic rings. The van der Waals surface area contributed by atoms with Gasteiger partial charge in [-0.2, -0.15) is 0 Å².